The lowest BCUT2D eigenvalue weighted by molar-refractivity contribution is 0.579. The number of benzene rings is 1. The molecule has 0 unspecified atom stereocenters. The van der Waals surface area contributed by atoms with E-state index in [1.54, 1.807) is 12.1 Å². The fourth-order valence-electron chi connectivity index (χ4n) is 2.00. The monoisotopic (exact) mass is 364 g/mol. The highest BCUT2D eigenvalue weighted by molar-refractivity contribution is 7.91. The zero-order valence-electron chi connectivity index (χ0n) is 12.4. The summed E-state index contributed by atoms with van der Waals surface area (Å²) >= 11 is 1.38. The molecule has 0 atom stereocenters. The van der Waals surface area contributed by atoms with Gasteiger partial charge in [0.1, 0.15) is 5.82 Å². The van der Waals surface area contributed by atoms with Gasteiger partial charge in [0.15, 0.2) is 0 Å². The molecule has 8 heteroatoms. The third kappa shape index (κ3) is 3.10. The van der Waals surface area contributed by atoms with Gasteiger partial charge < -0.3 is 9.73 Å². The minimum atomic E-state index is -3.95. The van der Waals surface area contributed by atoms with Crippen LogP contribution in [-0.4, -0.2) is 19.9 Å². The fraction of sp³-hybridized carbons (Fsp3) is 0.0625. The molecule has 124 valence electrons. The number of hydrogen-bond donors (Lipinski definition) is 1. The zero-order valence-corrected chi connectivity index (χ0v) is 14.0. The third-order valence-corrected chi connectivity index (χ3v) is 5.65. The van der Waals surface area contributed by atoms with Crippen molar-refractivity contribution in [3.63, 3.8) is 0 Å². The molecule has 2 heterocycles. The molecule has 0 radical (unpaired) electrons. The van der Waals surface area contributed by atoms with Gasteiger partial charge in [-0.05, 0) is 35.7 Å². The first kappa shape index (κ1) is 16.4. The molecule has 0 spiro atoms. The predicted octanol–water partition coefficient (Wildman–Crippen LogP) is 3.97. The Morgan fingerprint density at radius 1 is 1.29 bits per heavy atom. The van der Waals surface area contributed by atoms with E-state index in [1.165, 1.54) is 23.5 Å². The molecule has 0 saturated heterocycles. The minimum Gasteiger partial charge on any atom is -0.418 e. The van der Waals surface area contributed by atoms with Crippen molar-refractivity contribution in [2.24, 2.45) is 0 Å². The molecular weight excluding hydrogens is 351 g/mol. The van der Waals surface area contributed by atoms with Crippen molar-refractivity contribution in [1.29, 1.82) is 0 Å². The Morgan fingerprint density at radius 3 is 2.67 bits per heavy atom. The van der Waals surface area contributed by atoms with E-state index >= 15 is 0 Å². The van der Waals surface area contributed by atoms with Crippen LogP contribution >= 0.6 is 11.3 Å². The Kier molecular flexibility index (Phi) is 4.50. The van der Waals surface area contributed by atoms with Crippen LogP contribution in [0.5, 0.6) is 0 Å². The number of sulfone groups is 1. The van der Waals surface area contributed by atoms with Gasteiger partial charge in [-0.3, -0.25) is 0 Å². The molecule has 0 saturated carbocycles. The van der Waals surface area contributed by atoms with E-state index in [0.717, 1.165) is 12.1 Å². The summed E-state index contributed by atoms with van der Waals surface area (Å²) in [6, 6.07) is 8.16. The summed E-state index contributed by atoms with van der Waals surface area (Å²) in [7, 11) is -3.95. The van der Waals surface area contributed by atoms with E-state index in [-0.39, 0.29) is 21.7 Å². The van der Waals surface area contributed by atoms with E-state index < -0.39 is 15.7 Å². The van der Waals surface area contributed by atoms with Crippen LogP contribution in [-0.2, 0) is 9.84 Å². The van der Waals surface area contributed by atoms with Gasteiger partial charge in [-0.2, -0.15) is 4.98 Å². The lowest BCUT2D eigenvalue weighted by Gasteiger charge is -2.04. The zero-order chi connectivity index (χ0) is 17.2. The Bertz CT molecular complexity index is 946. The van der Waals surface area contributed by atoms with Crippen molar-refractivity contribution in [2.75, 3.05) is 11.9 Å². The van der Waals surface area contributed by atoms with Gasteiger partial charge in [0, 0.05) is 6.54 Å². The van der Waals surface area contributed by atoms with Gasteiger partial charge in [-0.1, -0.05) is 12.1 Å². The van der Waals surface area contributed by atoms with Crippen molar-refractivity contribution in [2.45, 2.75) is 9.92 Å². The van der Waals surface area contributed by atoms with E-state index in [2.05, 4.69) is 16.9 Å². The van der Waals surface area contributed by atoms with Gasteiger partial charge in [0.25, 0.3) is 0 Å². The molecule has 0 aliphatic rings. The Labute approximate surface area is 142 Å². The van der Waals surface area contributed by atoms with Crippen molar-refractivity contribution in [1.82, 2.24) is 4.98 Å². The van der Waals surface area contributed by atoms with E-state index in [1.807, 2.05) is 11.4 Å². The molecule has 24 heavy (non-hydrogen) atoms. The number of nitrogens with zero attached hydrogens (tertiary/aromatic N) is 1. The molecule has 0 bridgehead atoms. The number of anilines is 1. The first-order valence-corrected chi connectivity index (χ1v) is 9.29. The number of hydrogen-bond acceptors (Lipinski definition) is 6. The normalized spacial score (nSPS) is 11.4. The summed E-state index contributed by atoms with van der Waals surface area (Å²) in [4.78, 5) is 4.79. The largest absolute Gasteiger partial charge is 0.418 e. The number of oxazole rings is 1. The van der Waals surface area contributed by atoms with Crippen LogP contribution in [0, 0.1) is 5.82 Å². The summed E-state index contributed by atoms with van der Waals surface area (Å²) in [5, 5.41) is 4.44. The van der Waals surface area contributed by atoms with Gasteiger partial charge in [0.2, 0.25) is 26.6 Å². The van der Waals surface area contributed by atoms with Gasteiger partial charge in [-0.15, -0.1) is 17.9 Å². The molecule has 2 aromatic heterocycles. The second-order valence-electron chi connectivity index (χ2n) is 4.76. The molecule has 1 N–H and O–H groups in total. The summed E-state index contributed by atoms with van der Waals surface area (Å²) in [5.74, 6) is -0.279. The maximum absolute atomic E-state index is 13.1. The van der Waals surface area contributed by atoms with Crippen LogP contribution in [0.3, 0.4) is 0 Å². The van der Waals surface area contributed by atoms with Crippen LogP contribution < -0.4 is 5.32 Å². The highest BCUT2D eigenvalue weighted by atomic mass is 32.2. The third-order valence-electron chi connectivity index (χ3n) is 3.11. The molecule has 0 amide bonds. The SMILES string of the molecule is C=CCNc1oc(-c2cccs2)nc1S(=O)(=O)c1ccc(F)cc1. The van der Waals surface area contributed by atoms with Gasteiger partial charge >= 0.3 is 0 Å². The Balaban J connectivity index is 2.10. The van der Waals surface area contributed by atoms with Crippen LogP contribution in [0.1, 0.15) is 0 Å². The second-order valence-corrected chi connectivity index (χ2v) is 7.57. The number of nitrogens with one attached hydrogen (secondary N) is 1. The smallest absolute Gasteiger partial charge is 0.240 e. The highest BCUT2D eigenvalue weighted by Gasteiger charge is 2.28. The Hall–Kier alpha value is -2.45. The number of halogens is 1. The average Bonchev–Trinajstić information content (AvgIpc) is 3.22. The topological polar surface area (TPSA) is 72.2 Å². The highest BCUT2D eigenvalue weighted by Crippen LogP contribution is 2.33. The first-order valence-electron chi connectivity index (χ1n) is 6.92. The second kappa shape index (κ2) is 6.58. The van der Waals surface area contributed by atoms with Gasteiger partial charge in [-0.25, -0.2) is 12.8 Å². The Morgan fingerprint density at radius 2 is 2.04 bits per heavy atom. The van der Waals surface area contributed by atoms with Crippen LogP contribution in [0.4, 0.5) is 10.3 Å². The molecule has 0 aliphatic heterocycles. The quantitative estimate of drug-likeness (QED) is 0.529. The molecule has 3 aromatic rings. The van der Waals surface area contributed by atoms with Crippen LogP contribution in [0.25, 0.3) is 10.8 Å². The molecule has 3 rings (SSSR count). The lowest BCUT2D eigenvalue weighted by atomic mass is 10.4. The molecule has 5 nitrogen and oxygen atoms in total. The standard InChI is InChI=1S/C16H13FN2O3S2/c1-2-9-18-15-16(19-14(22-15)13-4-3-10-23-13)24(20,21)12-7-5-11(17)6-8-12/h2-8,10,18H,1,9H2. The number of aromatic nitrogens is 1. The maximum Gasteiger partial charge on any atom is 0.240 e. The van der Waals surface area contributed by atoms with Crippen LogP contribution in [0.15, 0.2) is 68.8 Å². The minimum absolute atomic E-state index is 0.0302. The summed E-state index contributed by atoms with van der Waals surface area (Å²) < 4.78 is 44.3. The van der Waals surface area contributed by atoms with E-state index in [0.29, 0.717) is 11.4 Å². The van der Waals surface area contributed by atoms with Crippen LogP contribution in [0.2, 0.25) is 0 Å². The molecule has 0 aliphatic carbocycles. The summed E-state index contributed by atoms with van der Waals surface area (Å²) in [6.07, 6.45) is 1.57. The van der Waals surface area contributed by atoms with Crippen molar-refractivity contribution >= 4 is 27.1 Å². The van der Waals surface area contributed by atoms with E-state index in [4.69, 9.17) is 4.42 Å². The average molecular weight is 364 g/mol. The first-order chi connectivity index (χ1) is 11.5. The fourth-order valence-corrected chi connectivity index (χ4v) is 3.92. The van der Waals surface area contributed by atoms with E-state index in [9.17, 15) is 12.8 Å². The van der Waals surface area contributed by atoms with Gasteiger partial charge in [0.05, 0.1) is 9.77 Å². The number of rotatable bonds is 6. The molecular formula is C16H13FN2O3S2. The summed E-state index contributed by atoms with van der Waals surface area (Å²) in [5.41, 5.74) is 0. The number of thiophene rings is 1. The maximum atomic E-state index is 13.1. The van der Waals surface area contributed by atoms with Crippen molar-refractivity contribution in [3.05, 3.63) is 60.3 Å². The summed E-state index contributed by atoms with van der Waals surface area (Å²) in [6.45, 7) is 3.89. The van der Waals surface area contributed by atoms with Crippen molar-refractivity contribution < 1.29 is 17.2 Å². The predicted molar refractivity (Wildman–Crippen MR) is 90.4 cm³/mol. The molecule has 1 aromatic carbocycles. The van der Waals surface area contributed by atoms with Crippen molar-refractivity contribution in [3.8, 4) is 10.8 Å². The lowest BCUT2D eigenvalue weighted by Crippen LogP contribution is -2.07. The molecule has 0 fully saturated rings.